The number of primary amides is 1. The normalized spacial score (nSPS) is 10.2. The third-order valence-electron chi connectivity index (χ3n) is 2.72. The van der Waals surface area contributed by atoms with Crippen molar-refractivity contribution in [1.82, 2.24) is 9.55 Å². The van der Waals surface area contributed by atoms with Crippen molar-refractivity contribution in [2.45, 2.75) is 6.54 Å². The number of nitrogens with zero attached hydrogens (tertiary/aromatic N) is 2. The first-order valence-electron chi connectivity index (χ1n) is 5.95. The molecule has 1 heterocycles. The van der Waals surface area contributed by atoms with Crippen molar-refractivity contribution in [3.05, 3.63) is 48.0 Å². The first-order chi connectivity index (χ1) is 9.56. The Kier molecular flexibility index (Phi) is 3.99. The van der Waals surface area contributed by atoms with Gasteiger partial charge in [0.1, 0.15) is 0 Å². The minimum atomic E-state index is -1.04. The number of carboxylic acids is 1. The van der Waals surface area contributed by atoms with E-state index in [0.717, 1.165) is 5.69 Å². The van der Waals surface area contributed by atoms with Crippen LogP contribution in [-0.4, -0.2) is 33.1 Å². The summed E-state index contributed by atoms with van der Waals surface area (Å²) in [5, 5.41) is 11.9. The smallest absolute Gasteiger partial charge is 0.356 e. The van der Waals surface area contributed by atoms with Crippen LogP contribution in [0.3, 0.4) is 0 Å². The van der Waals surface area contributed by atoms with Gasteiger partial charge in [0, 0.05) is 30.5 Å². The van der Waals surface area contributed by atoms with Crippen molar-refractivity contribution in [2.75, 3.05) is 11.9 Å². The number of nitrogens with one attached hydrogen (secondary N) is 1. The molecule has 2 aromatic rings. The highest BCUT2D eigenvalue weighted by molar-refractivity contribution is 5.93. The molecule has 0 radical (unpaired) electrons. The van der Waals surface area contributed by atoms with Gasteiger partial charge >= 0.3 is 5.97 Å². The summed E-state index contributed by atoms with van der Waals surface area (Å²) in [6.45, 7) is 1.18. The van der Waals surface area contributed by atoms with Crippen molar-refractivity contribution in [1.29, 1.82) is 0 Å². The summed E-state index contributed by atoms with van der Waals surface area (Å²) in [5.74, 6) is -1.50. The summed E-state index contributed by atoms with van der Waals surface area (Å²) < 4.78 is 1.69. The quantitative estimate of drug-likeness (QED) is 0.721. The predicted molar refractivity (Wildman–Crippen MR) is 72.6 cm³/mol. The molecule has 7 heteroatoms. The fourth-order valence-electron chi connectivity index (χ4n) is 1.67. The van der Waals surface area contributed by atoms with Crippen LogP contribution in [-0.2, 0) is 6.54 Å². The van der Waals surface area contributed by atoms with E-state index in [1.165, 1.54) is 12.5 Å². The zero-order chi connectivity index (χ0) is 14.5. The molecule has 7 nitrogen and oxygen atoms in total. The predicted octanol–water partition coefficient (Wildman–Crippen LogP) is 0.792. The Morgan fingerprint density at radius 2 is 2.00 bits per heavy atom. The standard InChI is InChI=1S/C13H14N4O3/c14-12(18)9-1-3-10(4-2-9)15-5-6-17-7-11(13(19)20)16-8-17/h1-4,7-8,15H,5-6H2,(H2,14,18)(H,19,20). The second-order valence-electron chi connectivity index (χ2n) is 4.17. The molecule has 1 amide bonds. The molecule has 0 aliphatic heterocycles. The molecule has 0 unspecified atom stereocenters. The Bertz CT molecular complexity index is 619. The molecule has 2 rings (SSSR count). The van der Waals surface area contributed by atoms with E-state index in [4.69, 9.17) is 10.8 Å². The number of carbonyl (C=O) groups is 2. The maximum atomic E-state index is 10.9. The highest BCUT2D eigenvalue weighted by Gasteiger charge is 2.05. The second-order valence-corrected chi connectivity index (χ2v) is 4.17. The van der Waals surface area contributed by atoms with Crippen molar-refractivity contribution in [2.24, 2.45) is 5.73 Å². The molecule has 0 aliphatic carbocycles. The number of carbonyl (C=O) groups excluding carboxylic acids is 1. The number of benzene rings is 1. The lowest BCUT2D eigenvalue weighted by Gasteiger charge is -2.07. The summed E-state index contributed by atoms with van der Waals surface area (Å²) in [5.41, 5.74) is 6.48. The molecule has 0 bridgehead atoms. The van der Waals surface area contributed by atoms with Gasteiger partial charge in [0.25, 0.3) is 0 Å². The number of carboxylic acid groups (broad SMARTS) is 1. The number of hydrogen-bond acceptors (Lipinski definition) is 4. The fraction of sp³-hybridized carbons (Fsp3) is 0.154. The van der Waals surface area contributed by atoms with E-state index < -0.39 is 11.9 Å². The summed E-state index contributed by atoms with van der Waals surface area (Å²) >= 11 is 0. The first kappa shape index (κ1) is 13.6. The highest BCUT2D eigenvalue weighted by atomic mass is 16.4. The minimum Gasteiger partial charge on any atom is -0.476 e. The molecule has 20 heavy (non-hydrogen) atoms. The van der Waals surface area contributed by atoms with Crippen molar-refractivity contribution >= 4 is 17.6 Å². The van der Waals surface area contributed by atoms with Crippen molar-refractivity contribution in [3.63, 3.8) is 0 Å². The van der Waals surface area contributed by atoms with E-state index in [1.807, 2.05) is 0 Å². The zero-order valence-electron chi connectivity index (χ0n) is 10.6. The van der Waals surface area contributed by atoms with Gasteiger partial charge in [0.05, 0.1) is 6.33 Å². The number of amides is 1. The van der Waals surface area contributed by atoms with Crippen LogP contribution in [0.25, 0.3) is 0 Å². The molecular formula is C13H14N4O3. The number of rotatable bonds is 6. The maximum absolute atomic E-state index is 10.9. The van der Waals surface area contributed by atoms with Crippen LogP contribution in [0.15, 0.2) is 36.8 Å². The van der Waals surface area contributed by atoms with Crippen LogP contribution >= 0.6 is 0 Å². The Balaban J connectivity index is 1.85. The molecule has 1 aromatic carbocycles. The largest absolute Gasteiger partial charge is 0.476 e. The van der Waals surface area contributed by atoms with Crippen molar-refractivity contribution < 1.29 is 14.7 Å². The van der Waals surface area contributed by atoms with E-state index in [9.17, 15) is 9.59 Å². The highest BCUT2D eigenvalue weighted by Crippen LogP contribution is 2.08. The summed E-state index contributed by atoms with van der Waals surface area (Å²) in [6.07, 6.45) is 2.95. The van der Waals surface area contributed by atoms with E-state index in [1.54, 1.807) is 28.8 Å². The van der Waals surface area contributed by atoms with Gasteiger partial charge in [-0.15, -0.1) is 0 Å². The lowest BCUT2D eigenvalue weighted by molar-refractivity contribution is 0.0690. The summed E-state index contributed by atoms with van der Waals surface area (Å²) in [6, 6.07) is 6.81. The van der Waals surface area contributed by atoms with E-state index in [-0.39, 0.29) is 5.69 Å². The molecule has 0 spiro atoms. The van der Waals surface area contributed by atoms with Gasteiger partial charge in [0.15, 0.2) is 5.69 Å². The van der Waals surface area contributed by atoms with Gasteiger partial charge in [-0.25, -0.2) is 9.78 Å². The fourth-order valence-corrected chi connectivity index (χ4v) is 1.67. The van der Waals surface area contributed by atoms with Crippen LogP contribution in [0.4, 0.5) is 5.69 Å². The zero-order valence-corrected chi connectivity index (χ0v) is 10.6. The van der Waals surface area contributed by atoms with Gasteiger partial charge < -0.3 is 20.7 Å². The van der Waals surface area contributed by atoms with Gasteiger partial charge in [-0.2, -0.15) is 0 Å². The van der Waals surface area contributed by atoms with Gasteiger partial charge in [-0.1, -0.05) is 0 Å². The van der Waals surface area contributed by atoms with Gasteiger partial charge in [-0.05, 0) is 24.3 Å². The average Bonchev–Trinajstić information content (AvgIpc) is 2.88. The Morgan fingerprint density at radius 1 is 1.30 bits per heavy atom. The molecule has 1 aromatic heterocycles. The second kappa shape index (κ2) is 5.87. The minimum absolute atomic E-state index is 0.0239. The Hall–Kier alpha value is -2.83. The first-order valence-corrected chi connectivity index (χ1v) is 5.95. The topological polar surface area (TPSA) is 110 Å². The van der Waals surface area contributed by atoms with Crippen LogP contribution in [0.1, 0.15) is 20.8 Å². The SMILES string of the molecule is NC(=O)c1ccc(NCCn2cnc(C(=O)O)c2)cc1. The lowest BCUT2D eigenvalue weighted by atomic mass is 10.2. The third-order valence-corrected chi connectivity index (χ3v) is 2.72. The number of imidazole rings is 1. The van der Waals surface area contributed by atoms with Crippen molar-refractivity contribution in [3.8, 4) is 0 Å². The molecule has 0 fully saturated rings. The molecular weight excluding hydrogens is 260 g/mol. The Morgan fingerprint density at radius 3 is 2.55 bits per heavy atom. The van der Waals surface area contributed by atoms with Crippen LogP contribution in [0.2, 0.25) is 0 Å². The number of nitrogens with two attached hydrogens (primary N) is 1. The molecule has 0 saturated carbocycles. The number of anilines is 1. The number of hydrogen-bond donors (Lipinski definition) is 3. The van der Waals surface area contributed by atoms with Crippen LogP contribution in [0, 0.1) is 0 Å². The van der Waals surface area contributed by atoms with E-state index in [2.05, 4.69) is 10.3 Å². The monoisotopic (exact) mass is 274 g/mol. The van der Waals surface area contributed by atoms with E-state index >= 15 is 0 Å². The van der Waals surface area contributed by atoms with Gasteiger partial charge in [0.2, 0.25) is 5.91 Å². The van der Waals surface area contributed by atoms with Crippen LogP contribution < -0.4 is 11.1 Å². The van der Waals surface area contributed by atoms with Gasteiger partial charge in [-0.3, -0.25) is 4.79 Å². The molecule has 0 aliphatic rings. The molecule has 104 valence electrons. The molecule has 0 atom stereocenters. The van der Waals surface area contributed by atoms with E-state index in [0.29, 0.717) is 18.7 Å². The summed E-state index contributed by atoms with van der Waals surface area (Å²) in [4.78, 5) is 25.3. The molecule has 4 N–H and O–H groups in total. The maximum Gasteiger partial charge on any atom is 0.356 e. The number of aromatic carboxylic acids is 1. The van der Waals surface area contributed by atoms with Crippen LogP contribution in [0.5, 0.6) is 0 Å². The Labute approximate surface area is 115 Å². The number of aromatic nitrogens is 2. The summed E-state index contributed by atoms with van der Waals surface area (Å²) in [7, 11) is 0. The average molecular weight is 274 g/mol. The lowest BCUT2D eigenvalue weighted by Crippen LogP contribution is -2.12. The molecule has 0 saturated heterocycles. The third kappa shape index (κ3) is 3.35.